The summed E-state index contributed by atoms with van der Waals surface area (Å²) in [6.45, 7) is 3.40. The van der Waals surface area contributed by atoms with E-state index in [2.05, 4.69) is 15.1 Å². The fourth-order valence-electron chi connectivity index (χ4n) is 3.91. The number of aromatic nitrogens is 4. The molecular formula is C20H19FN6O. The molecule has 0 bridgehead atoms. The highest BCUT2D eigenvalue weighted by Gasteiger charge is 2.34. The number of halogens is 1. The van der Waals surface area contributed by atoms with Gasteiger partial charge in [-0.05, 0) is 37.6 Å². The first-order valence-corrected chi connectivity index (χ1v) is 9.27. The standard InChI is InChI=1S/C20H19FN6O/c1-13-19-17(12-26(20(19)28)15-4-7-22-8-5-15)24-27(13)16-2-3-18(23-10-16)25-9-6-14(21)11-25/h2-5,7-8,10,14H,6,9,11-12H2,1H3/t14-/m1/s1. The van der Waals surface area contributed by atoms with E-state index in [0.717, 1.165) is 28.6 Å². The molecule has 0 spiro atoms. The first-order valence-electron chi connectivity index (χ1n) is 9.27. The van der Waals surface area contributed by atoms with Crippen LogP contribution in [0.4, 0.5) is 15.9 Å². The predicted octanol–water partition coefficient (Wildman–Crippen LogP) is 2.68. The van der Waals surface area contributed by atoms with Gasteiger partial charge >= 0.3 is 0 Å². The van der Waals surface area contributed by atoms with Gasteiger partial charge in [0.2, 0.25) is 0 Å². The molecule has 3 aromatic rings. The molecule has 3 aromatic heterocycles. The molecule has 0 radical (unpaired) electrons. The zero-order chi connectivity index (χ0) is 19.3. The van der Waals surface area contributed by atoms with Gasteiger partial charge in [0.05, 0.1) is 41.9 Å². The van der Waals surface area contributed by atoms with Crippen LogP contribution in [0, 0.1) is 6.92 Å². The summed E-state index contributed by atoms with van der Waals surface area (Å²) in [4.78, 5) is 25.0. The molecule has 2 aliphatic heterocycles. The van der Waals surface area contributed by atoms with Crippen LogP contribution in [-0.4, -0.2) is 44.9 Å². The number of pyridine rings is 2. The summed E-state index contributed by atoms with van der Waals surface area (Å²) >= 11 is 0. The number of carbonyl (C=O) groups is 1. The molecular weight excluding hydrogens is 359 g/mol. The summed E-state index contributed by atoms with van der Waals surface area (Å²) in [5.74, 6) is 0.710. The third-order valence-corrected chi connectivity index (χ3v) is 5.36. The molecule has 1 amide bonds. The molecule has 28 heavy (non-hydrogen) atoms. The van der Waals surface area contributed by atoms with Crippen LogP contribution in [0.2, 0.25) is 0 Å². The first-order chi connectivity index (χ1) is 13.6. The Morgan fingerprint density at radius 2 is 1.96 bits per heavy atom. The molecule has 1 fully saturated rings. The van der Waals surface area contributed by atoms with Crippen molar-refractivity contribution in [2.45, 2.75) is 26.1 Å². The van der Waals surface area contributed by atoms with Crippen LogP contribution in [0.3, 0.4) is 0 Å². The molecule has 0 aliphatic carbocycles. The van der Waals surface area contributed by atoms with Gasteiger partial charge in [-0.2, -0.15) is 5.10 Å². The largest absolute Gasteiger partial charge is 0.354 e. The second-order valence-electron chi connectivity index (χ2n) is 7.12. The quantitative estimate of drug-likeness (QED) is 0.701. The Hall–Kier alpha value is -3.29. The van der Waals surface area contributed by atoms with Gasteiger partial charge in [-0.25, -0.2) is 14.1 Å². The van der Waals surface area contributed by atoms with Crippen LogP contribution in [0.15, 0.2) is 42.9 Å². The first kappa shape index (κ1) is 16.9. The number of alkyl halides is 1. The Bertz CT molecular complexity index is 1030. The Labute approximate surface area is 161 Å². The van der Waals surface area contributed by atoms with E-state index in [1.807, 2.05) is 36.1 Å². The van der Waals surface area contributed by atoms with Gasteiger partial charge in [0.25, 0.3) is 5.91 Å². The zero-order valence-corrected chi connectivity index (χ0v) is 15.4. The van der Waals surface area contributed by atoms with Crippen molar-refractivity contribution in [1.82, 2.24) is 19.7 Å². The summed E-state index contributed by atoms with van der Waals surface area (Å²) in [5.41, 5.74) is 3.78. The van der Waals surface area contributed by atoms with E-state index in [4.69, 9.17) is 0 Å². The lowest BCUT2D eigenvalue weighted by Crippen LogP contribution is -2.24. The number of carbonyl (C=O) groups excluding carboxylic acids is 1. The molecule has 0 aromatic carbocycles. The average Bonchev–Trinajstić information content (AvgIpc) is 3.39. The van der Waals surface area contributed by atoms with Crippen LogP contribution in [-0.2, 0) is 6.54 Å². The van der Waals surface area contributed by atoms with Crippen molar-refractivity contribution in [3.8, 4) is 5.69 Å². The van der Waals surface area contributed by atoms with Gasteiger partial charge in [0, 0.05) is 24.6 Å². The fourth-order valence-corrected chi connectivity index (χ4v) is 3.91. The minimum Gasteiger partial charge on any atom is -0.354 e. The number of anilines is 2. The lowest BCUT2D eigenvalue weighted by Gasteiger charge is -2.17. The molecule has 7 nitrogen and oxygen atoms in total. The van der Waals surface area contributed by atoms with Gasteiger partial charge in [-0.15, -0.1) is 0 Å². The van der Waals surface area contributed by atoms with Crippen LogP contribution in [0.5, 0.6) is 0 Å². The highest BCUT2D eigenvalue weighted by Crippen LogP contribution is 2.31. The van der Waals surface area contributed by atoms with E-state index in [-0.39, 0.29) is 5.91 Å². The third-order valence-electron chi connectivity index (χ3n) is 5.36. The van der Waals surface area contributed by atoms with Crippen molar-refractivity contribution in [3.63, 3.8) is 0 Å². The molecule has 2 aliphatic rings. The van der Waals surface area contributed by atoms with Crippen LogP contribution < -0.4 is 9.80 Å². The number of fused-ring (bicyclic) bond motifs is 1. The molecule has 8 heteroatoms. The topological polar surface area (TPSA) is 67.2 Å². The number of hydrogen-bond donors (Lipinski definition) is 0. The molecule has 1 saturated heterocycles. The fraction of sp³-hybridized carbons (Fsp3) is 0.300. The van der Waals surface area contributed by atoms with Gasteiger partial charge < -0.3 is 9.80 Å². The number of rotatable bonds is 3. The lowest BCUT2D eigenvalue weighted by atomic mass is 10.2. The molecule has 0 unspecified atom stereocenters. The van der Waals surface area contributed by atoms with Gasteiger partial charge in [-0.3, -0.25) is 9.78 Å². The molecule has 0 saturated carbocycles. The van der Waals surface area contributed by atoms with Gasteiger partial charge in [0.1, 0.15) is 12.0 Å². The van der Waals surface area contributed by atoms with Crippen molar-refractivity contribution in [3.05, 3.63) is 59.8 Å². The molecule has 1 atom stereocenters. The summed E-state index contributed by atoms with van der Waals surface area (Å²) in [5, 5.41) is 4.65. The van der Waals surface area contributed by atoms with Crippen molar-refractivity contribution >= 4 is 17.4 Å². The van der Waals surface area contributed by atoms with E-state index in [0.29, 0.717) is 31.6 Å². The maximum Gasteiger partial charge on any atom is 0.262 e. The highest BCUT2D eigenvalue weighted by molar-refractivity contribution is 6.10. The molecule has 5 rings (SSSR count). The second kappa shape index (κ2) is 6.40. The highest BCUT2D eigenvalue weighted by atomic mass is 19.1. The van der Waals surface area contributed by atoms with E-state index >= 15 is 0 Å². The number of amides is 1. The predicted molar refractivity (Wildman–Crippen MR) is 103 cm³/mol. The normalized spacial score (nSPS) is 18.8. The van der Waals surface area contributed by atoms with Crippen LogP contribution in [0.1, 0.15) is 28.2 Å². The number of hydrogen-bond acceptors (Lipinski definition) is 5. The Kier molecular flexibility index (Phi) is 3.85. The smallest absolute Gasteiger partial charge is 0.262 e. The SMILES string of the molecule is Cc1c2c(nn1-c1ccc(N3CC[C@@H](F)C3)nc1)CN(c1ccncc1)C2=O. The van der Waals surface area contributed by atoms with E-state index in [1.165, 1.54) is 0 Å². The number of nitrogens with zero attached hydrogens (tertiary/aromatic N) is 6. The second-order valence-corrected chi connectivity index (χ2v) is 7.12. The zero-order valence-electron chi connectivity index (χ0n) is 15.4. The van der Waals surface area contributed by atoms with Crippen LogP contribution in [0.25, 0.3) is 5.69 Å². The van der Waals surface area contributed by atoms with Crippen LogP contribution >= 0.6 is 0 Å². The monoisotopic (exact) mass is 378 g/mol. The summed E-state index contributed by atoms with van der Waals surface area (Å²) < 4.78 is 15.2. The van der Waals surface area contributed by atoms with E-state index in [1.54, 1.807) is 28.2 Å². The third kappa shape index (κ3) is 2.64. The van der Waals surface area contributed by atoms with E-state index in [9.17, 15) is 9.18 Å². The van der Waals surface area contributed by atoms with Gasteiger partial charge in [-0.1, -0.05) is 0 Å². The summed E-state index contributed by atoms with van der Waals surface area (Å²) in [7, 11) is 0. The lowest BCUT2D eigenvalue weighted by molar-refractivity contribution is 0.0995. The van der Waals surface area contributed by atoms with Crippen molar-refractivity contribution in [2.75, 3.05) is 22.9 Å². The molecule has 0 N–H and O–H groups in total. The maximum atomic E-state index is 13.4. The molecule has 142 valence electrons. The molecule has 5 heterocycles. The summed E-state index contributed by atoms with van der Waals surface area (Å²) in [6, 6.07) is 7.42. The Morgan fingerprint density at radius 3 is 2.61 bits per heavy atom. The van der Waals surface area contributed by atoms with Crippen molar-refractivity contribution < 1.29 is 9.18 Å². The van der Waals surface area contributed by atoms with E-state index < -0.39 is 6.17 Å². The Morgan fingerprint density at radius 1 is 1.14 bits per heavy atom. The van der Waals surface area contributed by atoms with Gasteiger partial charge in [0.15, 0.2) is 0 Å². The summed E-state index contributed by atoms with van der Waals surface area (Å²) in [6.07, 6.45) is 4.83. The average molecular weight is 378 g/mol. The van der Waals surface area contributed by atoms with Crippen molar-refractivity contribution in [1.29, 1.82) is 0 Å². The minimum atomic E-state index is -0.785. The van der Waals surface area contributed by atoms with Crippen molar-refractivity contribution in [2.24, 2.45) is 0 Å². The maximum absolute atomic E-state index is 13.4. The Balaban J connectivity index is 1.42. The minimum absolute atomic E-state index is 0.0550.